The lowest BCUT2D eigenvalue weighted by Crippen LogP contribution is -2.38. The number of likely N-dealkylation sites (N-methyl/N-ethyl adjacent to an activating group) is 1. The maximum Gasteiger partial charge on any atom is 0.124 e. The van der Waals surface area contributed by atoms with Crippen molar-refractivity contribution in [1.82, 2.24) is 20.0 Å². The summed E-state index contributed by atoms with van der Waals surface area (Å²) in [5.41, 5.74) is 1.08. The van der Waals surface area contributed by atoms with Gasteiger partial charge in [0.25, 0.3) is 0 Å². The molecule has 0 spiro atoms. The van der Waals surface area contributed by atoms with Gasteiger partial charge in [-0.25, -0.2) is 4.68 Å². The quantitative estimate of drug-likeness (QED) is 0.857. The average molecular weight is 319 g/mol. The van der Waals surface area contributed by atoms with Crippen LogP contribution in [0.25, 0.3) is 0 Å². The van der Waals surface area contributed by atoms with E-state index in [-0.39, 0.29) is 0 Å². The molecule has 0 radical (unpaired) electrons. The first-order valence-electron chi connectivity index (χ1n) is 7.82. The molecule has 0 saturated heterocycles. The Kier molecular flexibility index (Phi) is 4.81. The normalized spacial score (nSPS) is 19.0. The molecule has 0 aromatic carbocycles. The number of hydrogen-bond acceptors (Lipinski definition) is 5. The zero-order valence-electron chi connectivity index (χ0n) is 13.5. The summed E-state index contributed by atoms with van der Waals surface area (Å²) in [6, 6.07) is 6.91. The number of nitrogens with zero attached hydrogens (tertiary/aromatic N) is 3. The number of nitrogens with one attached hydrogen (secondary N) is 2. The smallest absolute Gasteiger partial charge is 0.124 e. The summed E-state index contributed by atoms with van der Waals surface area (Å²) in [6.07, 6.45) is 0. The van der Waals surface area contributed by atoms with Crippen LogP contribution in [0.1, 0.15) is 16.6 Å². The summed E-state index contributed by atoms with van der Waals surface area (Å²) < 4.78 is 2.09. The van der Waals surface area contributed by atoms with Crippen LogP contribution in [0.3, 0.4) is 0 Å². The Balaban J connectivity index is 1.51. The maximum absolute atomic E-state index is 4.53. The molecule has 120 valence electrons. The van der Waals surface area contributed by atoms with Crippen molar-refractivity contribution in [2.75, 3.05) is 39.0 Å². The number of rotatable bonds is 6. The number of fused-ring (bicyclic) bond motifs is 1. The van der Waals surface area contributed by atoms with Crippen molar-refractivity contribution in [3.8, 4) is 0 Å². The first-order valence-corrected chi connectivity index (χ1v) is 8.70. The third-order valence-electron chi connectivity index (χ3n) is 4.17. The zero-order valence-corrected chi connectivity index (χ0v) is 14.4. The van der Waals surface area contributed by atoms with Gasteiger partial charge in [-0.1, -0.05) is 6.07 Å². The van der Waals surface area contributed by atoms with Crippen LogP contribution in [0.5, 0.6) is 0 Å². The molecule has 5 nitrogen and oxygen atoms in total. The Morgan fingerprint density at radius 2 is 2.41 bits per heavy atom. The van der Waals surface area contributed by atoms with Crippen molar-refractivity contribution in [2.45, 2.75) is 19.5 Å². The van der Waals surface area contributed by atoms with E-state index >= 15 is 0 Å². The van der Waals surface area contributed by atoms with Crippen LogP contribution in [0.4, 0.5) is 5.82 Å². The average Bonchev–Trinajstić information content (AvgIpc) is 3.10. The first kappa shape index (κ1) is 15.5. The Labute approximate surface area is 136 Å². The molecule has 22 heavy (non-hydrogen) atoms. The molecule has 2 aromatic heterocycles. The van der Waals surface area contributed by atoms with E-state index in [1.807, 2.05) is 18.3 Å². The molecular formula is C16H25N5S. The van der Waals surface area contributed by atoms with Gasteiger partial charge in [0.05, 0.1) is 11.7 Å². The standard InChI is InChI=1S/C16H25N5S/c1-12-7-16-18-9-13(11-21(16)19-12)8-17-10-14(20(2)3)15-5-4-6-22-15/h4-7,13-14,17-18H,8-11H2,1-3H3/t13-,14+/m1/s1. The molecule has 1 aliphatic rings. The lowest BCUT2D eigenvalue weighted by atomic mass is 10.1. The van der Waals surface area contributed by atoms with Crippen LogP contribution >= 0.6 is 11.3 Å². The molecule has 6 heteroatoms. The molecule has 0 amide bonds. The highest BCUT2D eigenvalue weighted by Gasteiger charge is 2.20. The van der Waals surface area contributed by atoms with Crippen LogP contribution in [0, 0.1) is 12.8 Å². The Morgan fingerprint density at radius 1 is 1.55 bits per heavy atom. The first-order chi connectivity index (χ1) is 10.6. The van der Waals surface area contributed by atoms with E-state index < -0.39 is 0 Å². The summed E-state index contributed by atoms with van der Waals surface area (Å²) in [4.78, 5) is 3.71. The molecule has 0 saturated carbocycles. The molecular weight excluding hydrogens is 294 g/mol. The van der Waals surface area contributed by atoms with E-state index in [1.165, 1.54) is 4.88 Å². The Bertz CT molecular complexity index is 590. The largest absolute Gasteiger partial charge is 0.370 e. The maximum atomic E-state index is 4.53. The minimum absolute atomic E-state index is 0.444. The van der Waals surface area contributed by atoms with Crippen molar-refractivity contribution in [1.29, 1.82) is 0 Å². The van der Waals surface area contributed by atoms with Gasteiger partial charge in [-0.3, -0.25) is 0 Å². The van der Waals surface area contributed by atoms with Gasteiger partial charge in [-0.05, 0) is 32.5 Å². The number of aryl methyl sites for hydroxylation is 1. The lowest BCUT2D eigenvalue weighted by molar-refractivity contribution is 0.283. The van der Waals surface area contributed by atoms with Crippen LogP contribution < -0.4 is 10.6 Å². The highest BCUT2D eigenvalue weighted by atomic mass is 32.1. The molecule has 0 aliphatic carbocycles. The van der Waals surface area contributed by atoms with Gasteiger partial charge in [0.15, 0.2) is 0 Å². The number of thiophene rings is 1. The monoisotopic (exact) mass is 319 g/mol. The van der Waals surface area contributed by atoms with Gasteiger partial charge in [-0.15, -0.1) is 11.3 Å². The second-order valence-electron chi connectivity index (χ2n) is 6.25. The summed E-state index contributed by atoms with van der Waals surface area (Å²) in [7, 11) is 4.29. The van der Waals surface area contributed by atoms with Crippen molar-refractivity contribution in [3.05, 3.63) is 34.2 Å². The molecule has 2 atom stereocenters. The topological polar surface area (TPSA) is 45.1 Å². The zero-order chi connectivity index (χ0) is 15.5. The molecule has 3 heterocycles. The van der Waals surface area contributed by atoms with Gasteiger partial charge < -0.3 is 15.5 Å². The van der Waals surface area contributed by atoms with Gasteiger partial charge in [-0.2, -0.15) is 5.10 Å². The van der Waals surface area contributed by atoms with E-state index in [9.17, 15) is 0 Å². The molecule has 0 bridgehead atoms. The molecule has 2 aromatic rings. The van der Waals surface area contributed by atoms with E-state index in [2.05, 4.69) is 63.0 Å². The van der Waals surface area contributed by atoms with Crippen LogP contribution in [-0.2, 0) is 6.54 Å². The SMILES string of the molecule is Cc1cc2n(n1)C[C@H](CNC[C@@H](c1cccs1)N(C)C)CN2. The second kappa shape index (κ2) is 6.81. The number of aromatic nitrogens is 2. The summed E-state index contributed by atoms with van der Waals surface area (Å²) in [5.74, 6) is 1.73. The number of hydrogen-bond donors (Lipinski definition) is 2. The van der Waals surface area contributed by atoms with Crippen molar-refractivity contribution < 1.29 is 0 Å². The van der Waals surface area contributed by atoms with Crippen molar-refractivity contribution in [3.63, 3.8) is 0 Å². The highest BCUT2D eigenvalue weighted by molar-refractivity contribution is 7.10. The third kappa shape index (κ3) is 3.51. The van der Waals surface area contributed by atoms with Crippen LogP contribution in [0.2, 0.25) is 0 Å². The van der Waals surface area contributed by atoms with E-state index in [0.717, 1.165) is 37.7 Å². The van der Waals surface area contributed by atoms with Crippen molar-refractivity contribution in [2.24, 2.45) is 5.92 Å². The minimum Gasteiger partial charge on any atom is -0.370 e. The van der Waals surface area contributed by atoms with E-state index in [0.29, 0.717) is 12.0 Å². The third-order valence-corrected chi connectivity index (χ3v) is 5.14. The summed E-state index contributed by atoms with van der Waals surface area (Å²) in [6.45, 7) is 6.05. The van der Waals surface area contributed by atoms with Crippen molar-refractivity contribution >= 4 is 17.2 Å². The van der Waals surface area contributed by atoms with Gasteiger partial charge in [0.1, 0.15) is 5.82 Å². The van der Waals surface area contributed by atoms with Gasteiger partial charge >= 0.3 is 0 Å². The second-order valence-corrected chi connectivity index (χ2v) is 7.23. The predicted octanol–water partition coefficient (Wildman–Crippen LogP) is 2.19. The molecule has 1 aliphatic heterocycles. The van der Waals surface area contributed by atoms with Gasteiger partial charge in [0.2, 0.25) is 0 Å². The minimum atomic E-state index is 0.444. The molecule has 2 N–H and O–H groups in total. The molecule has 0 unspecified atom stereocenters. The van der Waals surface area contributed by atoms with Crippen LogP contribution in [-0.4, -0.2) is 48.4 Å². The molecule has 0 fully saturated rings. The number of anilines is 1. The Hall–Kier alpha value is -1.37. The van der Waals surface area contributed by atoms with E-state index in [1.54, 1.807) is 0 Å². The fourth-order valence-electron chi connectivity index (χ4n) is 2.96. The fraction of sp³-hybridized carbons (Fsp3) is 0.562. The summed E-state index contributed by atoms with van der Waals surface area (Å²) in [5, 5.41) is 13.8. The lowest BCUT2D eigenvalue weighted by Gasteiger charge is -2.27. The molecule has 3 rings (SSSR count). The predicted molar refractivity (Wildman–Crippen MR) is 92.6 cm³/mol. The fourth-order valence-corrected chi connectivity index (χ4v) is 3.89. The van der Waals surface area contributed by atoms with Crippen LogP contribution in [0.15, 0.2) is 23.6 Å². The van der Waals surface area contributed by atoms with E-state index in [4.69, 9.17) is 0 Å². The highest BCUT2D eigenvalue weighted by Crippen LogP contribution is 2.23. The summed E-state index contributed by atoms with van der Waals surface area (Å²) >= 11 is 1.83. The van der Waals surface area contributed by atoms with Gasteiger partial charge in [0, 0.05) is 43.0 Å². The Morgan fingerprint density at radius 3 is 3.14 bits per heavy atom.